The summed E-state index contributed by atoms with van der Waals surface area (Å²) in [6.07, 6.45) is 0. The minimum Gasteiger partial charge on any atom is -0.480 e. The summed E-state index contributed by atoms with van der Waals surface area (Å²) in [7, 11) is 3.17. The quantitative estimate of drug-likeness (QED) is 0.643. The number of rotatable bonds is 4. The molecule has 0 aliphatic carbocycles. The van der Waals surface area contributed by atoms with Gasteiger partial charge in [-0.2, -0.15) is 0 Å². The molecule has 0 aromatic carbocycles. The van der Waals surface area contributed by atoms with Crippen LogP contribution in [-0.2, 0) is 14.3 Å². The molecule has 1 aliphatic rings. The zero-order valence-corrected chi connectivity index (χ0v) is 8.97. The van der Waals surface area contributed by atoms with Crippen LogP contribution < -0.4 is 0 Å². The molecule has 1 amide bonds. The van der Waals surface area contributed by atoms with E-state index in [9.17, 15) is 9.59 Å². The van der Waals surface area contributed by atoms with E-state index in [1.807, 2.05) is 0 Å². The van der Waals surface area contributed by atoms with Gasteiger partial charge in [-0.3, -0.25) is 14.5 Å². The van der Waals surface area contributed by atoms with E-state index in [0.717, 1.165) is 0 Å². The molecular formula is C9H16N2O4. The normalized spacial score (nSPS) is 20.4. The van der Waals surface area contributed by atoms with E-state index >= 15 is 0 Å². The van der Waals surface area contributed by atoms with Crippen molar-refractivity contribution in [1.29, 1.82) is 0 Å². The summed E-state index contributed by atoms with van der Waals surface area (Å²) in [4.78, 5) is 25.5. The van der Waals surface area contributed by atoms with Gasteiger partial charge in [-0.15, -0.1) is 0 Å². The highest BCUT2D eigenvalue weighted by molar-refractivity contribution is 5.80. The Morgan fingerprint density at radius 1 is 1.60 bits per heavy atom. The summed E-state index contributed by atoms with van der Waals surface area (Å²) in [6.45, 7) is 1.39. The highest BCUT2D eigenvalue weighted by Crippen LogP contribution is 2.07. The summed E-state index contributed by atoms with van der Waals surface area (Å²) in [6, 6.07) is -0.729. The van der Waals surface area contributed by atoms with Gasteiger partial charge in [0, 0.05) is 27.2 Å². The van der Waals surface area contributed by atoms with Crippen LogP contribution >= 0.6 is 0 Å². The van der Waals surface area contributed by atoms with Gasteiger partial charge < -0.3 is 14.7 Å². The smallest absolute Gasteiger partial charge is 0.323 e. The molecular weight excluding hydrogens is 200 g/mol. The predicted octanol–water partition coefficient (Wildman–Crippen LogP) is -1.14. The number of carboxylic acid groups (broad SMARTS) is 1. The van der Waals surface area contributed by atoms with Crippen molar-refractivity contribution >= 4 is 11.9 Å². The molecule has 15 heavy (non-hydrogen) atoms. The number of piperazine rings is 1. The molecule has 6 heteroatoms. The number of ether oxygens (including phenoxy) is 1. The van der Waals surface area contributed by atoms with E-state index in [0.29, 0.717) is 13.1 Å². The predicted molar refractivity (Wildman–Crippen MR) is 52.5 cm³/mol. The van der Waals surface area contributed by atoms with Crippen molar-refractivity contribution in [2.45, 2.75) is 6.04 Å². The van der Waals surface area contributed by atoms with Gasteiger partial charge in [0.05, 0.1) is 13.2 Å². The summed E-state index contributed by atoms with van der Waals surface area (Å²) in [5.74, 6) is -1.00. The molecule has 1 fully saturated rings. The Bertz CT molecular complexity index is 256. The Kier molecular flexibility index (Phi) is 4.05. The van der Waals surface area contributed by atoms with Crippen molar-refractivity contribution in [3.8, 4) is 0 Å². The third-order valence-electron chi connectivity index (χ3n) is 2.54. The van der Waals surface area contributed by atoms with E-state index in [4.69, 9.17) is 9.84 Å². The Morgan fingerprint density at radius 2 is 2.27 bits per heavy atom. The van der Waals surface area contributed by atoms with Gasteiger partial charge in [-0.05, 0) is 0 Å². The lowest BCUT2D eigenvalue weighted by molar-refractivity contribution is -0.149. The molecule has 1 unspecified atom stereocenters. The summed E-state index contributed by atoms with van der Waals surface area (Å²) < 4.78 is 4.83. The van der Waals surface area contributed by atoms with Crippen LogP contribution in [0.5, 0.6) is 0 Å². The van der Waals surface area contributed by atoms with Crippen molar-refractivity contribution in [3.63, 3.8) is 0 Å². The lowest BCUT2D eigenvalue weighted by Gasteiger charge is -2.35. The molecule has 86 valence electrons. The number of hydrogen-bond donors (Lipinski definition) is 1. The fraction of sp³-hybridized carbons (Fsp3) is 0.778. The molecule has 1 heterocycles. The first-order valence-corrected chi connectivity index (χ1v) is 4.76. The molecule has 0 aromatic heterocycles. The Morgan fingerprint density at radius 3 is 2.73 bits per heavy atom. The van der Waals surface area contributed by atoms with Gasteiger partial charge in [0.1, 0.15) is 6.04 Å². The summed E-state index contributed by atoms with van der Waals surface area (Å²) in [5.41, 5.74) is 0. The van der Waals surface area contributed by atoms with Crippen molar-refractivity contribution in [1.82, 2.24) is 9.80 Å². The fourth-order valence-electron chi connectivity index (χ4n) is 1.53. The first kappa shape index (κ1) is 11.9. The SMILES string of the molecule is COCC(C(=O)O)N1CCN(C)C(=O)C1. The maximum Gasteiger partial charge on any atom is 0.323 e. The zero-order chi connectivity index (χ0) is 11.4. The van der Waals surface area contributed by atoms with Gasteiger partial charge in [-0.1, -0.05) is 0 Å². The molecule has 0 radical (unpaired) electrons. The van der Waals surface area contributed by atoms with Crippen LogP contribution in [0.25, 0.3) is 0 Å². The Labute approximate surface area is 88.4 Å². The van der Waals surface area contributed by atoms with Crippen LogP contribution in [0.3, 0.4) is 0 Å². The number of carbonyl (C=O) groups excluding carboxylic acids is 1. The number of likely N-dealkylation sites (N-methyl/N-ethyl adjacent to an activating group) is 1. The summed E-state index contributed by atoms with van der Waals surface area (Å²) in [5, 5.41) is 8.96. The topological polar surface area (TPSA) is 70.1 Å². The van der Waals surface area contributed by atoms with E-state index in [-0.39, 0.29) is 19.1 Å². The van der Waals surface area contributed by atoms with E-state index < -0.39 is 12.0 Å². The highest BCUT2D eigenvalue weighted by atomic mass is 16.5. The molecule has 1 saturated heterocycles. The van der Waals surface area contributed by atoms with Crippen LogP contribution in [0.15, 0.2) is 0 Å². The zero-order valence-electron chi connectivity index (χ0n) is 8.97. The monoisotopic (exact) mass is 216 g/mol. The number of carboxylic acids is 1. The van der Waals surface area contributed by atoms with Crippen LogP contribution in [-0.4, -0.2) is 73.2 Å². The van der Waals surface area contributed by atoms with Gasteiger partial charge >= 0.3 is 5.97 Å². The van der Waals surface area contributed by atoms with Crippen LogP contribution in [0.4, 0.5) is 0 Å². The first-order valence-electron chi connectivity index (χ1n) is 4.76. The molecule has 1 N–H and O–H groups in total. The highest BCUT2D eigenvalue weighted by Gasteiger charge is 2.31. The number of methoxy groups -OCH3 is 1. The molecule has 1 rings (SSSR count). The van der Waals surface area contributed by atoms with Crippen molar-refractivity contribution in [3.05, 3.63) is 0 Å². The second-order valence-corrected chi connectivity index (χ2v) is 3.60. The van der Waals surface area contributed by atoms with E-state index in [1.54, 1.807) is 16.8 Å². The van der Waals surface area contributed by atoms with E-state index in [2.05, 4.69) is 0 Å². The van der Waals surface area contributed by atoms with Crippen LogP contribution in [0.2, 0.25) is 0 Å². The second kappa shape index (κ2) is 5.09. The van der Waals surface area contributed by atoms with Crippen LogP contribution in [0, 0.1) is 0 Å². The molecule has 0 bridgehead atoms. The largest absolute Gasteiger partial charge is 0.480 e. The maximum atomic E-state index is 11.4. The van der Waals surface area contributed by atoms with Gasteiger partial charge in [0.2, 0.25) is 5.91 Å². The fourth-order valence-corrected chi connectivity index (χ4v) is 1.53. The molecule has 6 nitrogen and oxygen atoms in total. The number of amides is 1. The lowest BCUT2D eigenvalue weighted by atomic mass is 10.2. The third-order valence-corrected chi connectivity index (χ3v) is 2.54. The minimum absolute atomic E-state index is 0.0522. The second-order valence-electron chi connectivity index (χ2n) is 3.60. The molecule has 0 spiro atoms. The van der Waals surface area contributed by atoms with Crippen molar-refractivity contribution in [2.75, 3.05) is 40.4 Å². The first-order chi connectivity index (χ1) is 7.06. The average molecular weight is 216 g/mol. The Balaban J connectivity index is 2.61. The van der Waals surface area contributed by atoms with Crippen molar-refractivity contribution in [2.24, 2.45) is 0 Å². The van der Waals surface area contributed by atoms with Gasteiger partial charge in [0.25, 0.3) is 0 Å². The van der Waals surface area contributed by atoms with Crippen LogP contribution in [0.1, 0.15) is 0 Å². The Hall–Kier alpha value is -1.14. The maximum absolute atomic E-state index is 11.4. The van der Waals surface area contributed by atoms with Gasteiger partial charge in [0.15, 0.2) is 0 Å². The number of nitrogens with zero attached hydrogens (tertiary/aromatic N) is 2. The molecule has 0 aromatic rings. The van der Waals surface area contributed by atoms with E-state index in [1.165, 1.54) is 7.11 Å². The van der Waals surface area contributed by atoms with Crippen molar-refractivity contribution < 1.29 is 19.4 Å². The molecule has 0 saturated carbocycles. The summed E-state index contributed by atoms with van der Waals surface area (Å²) >= 11 is 0. The number of hydrogen-bond acceptors (Lipinski definition) is 4. The lowest BCUT2D eigenvalue weighted by Crippen LogP contribution is -2.55. The minimum atomic E-state index is -0.950. The molecule has 1 atom stereocenters. The number of aliphatic carboxylic acids is 1. The molecule has 1 aliphatic heterocycles. The average Bonchev–Trinajstić information content (AvgIpc) is 2.18. The number of carbonyl (C=O) groups is 2. The standard InChI is InChI=1S/C9H16N2O4/c1-10-3-4-11(5-8(10)12)7(6-15-2)9(13)14/h7H,3-6H2,1-2H3,(H,13,14). The third kappa shape index (κ3) is 2.90. The van der Waals surface area contributed by atoms with Gasteiger partial charge in [-0.25, -0.2) is 0 Å².